The van der Waals surface area contributed by atoms with Crippen molar-refractivity contribution in [2.45, 2.75) is 49.0 Å². The number of rotatable bonds is 0. The third-order valence-electron chi connectivity index (χ3n) is 0. The normalized spacial score (nSPS) is 6.00. The minimum atomic E-state index is 0. The summed E-state index contributed by atoms with van der Waals surface area (Å²) >= 11 is 0. The SMILES string of the molecule is C.C[C-](C)C.[CH2-]C(C)(C)C.[CH3-].[CH3-].[CH3-].[Pt].[W].[Y]. The van der Waals surface area contributed by atoms with Crippen LogP contribution < -0.4 is 0 Å². The molecule has 0 aliphatic carbocycles. The van der Waals surface area contributed by atoms with Crippen molar-refractivity contribution in [3.63, 3.8) is 0 Å². The van der Waals surface area contributed by atoms with E-state index in [2.05, 4.69) is 48.5 Å². The Morgan fingerprint density at radius 2 is 0.875 bits per heavy atom. The summed E-state index contributed by atoms with van der Waals surface area (Å²) in [6, 6.07) is 0. The average molecular weight is 657 g/mol. The first-order chi connectivity index (χ1) is 3.73. The van der Waals surface area contributed by atoms with E-state index < -0.39 is 0 Å². The summed E-state index contributed by atoms with van der Waals surface area (Å²) in [5, 5.41) is 0. The van der Waals surface area contributed by atoms with Crippen LogP contribution in [0.3, 0.4) is 0 Å². The average Bonchev–Trinajstić information content (AvgIpc) is 1.19. The first-order valence-corrected chi connectivity index (χ1v) is 3.35. The molecule has 0 nitrogen and oxygen atoms in total. The zero-order valence-corrected chi connectivity index (χ0v) is 20.1. The second-order valence-electron chi connectivity index (χ2n) is 4.06. The summed E-state index contributed by atoms with van der Waals surface area (Å²) in [6.45, 7) is 16.2. The van der Waals surface area contributed by atoms with Gasteiger partial charge in [0, 0.05) is 74.8 Å². The molecule has 16 heavy (non-hydrogen) atoms. The fourth-order valence-electron chi connectivity index (χ4n) is 0. The van der Waals surface area contributed by atoms with Crippen LogP contribution in [0.25, 0.3) is 0 Å². The molecule has 3 heteroatoms. The summed E-state index contributed by atoms with van der Waals surface area (Å²) in [5.41, 5.74) is 0.250. The molecule has 0 spiro atoms. The molecule has 109 valence electrons. The molecule has 0 amide bonds. The molecule has 0 fully saturated rings. The van der Waals surface area contributed by atoms with Crippen LogP contribution >= 0.6 is 0 Å². The molecule has 0 saturated heterocycles. The molecule has 0 aromatic carbocycles. The molecule has 0 saturated carbocycles. The van der Waals surface area contributed by atoms with Gasteiger partial charge < -0.3 is 35.1 Å². The molecule has 0 aliphatic heterocycles. The van der Waals surface area contributed by atoms with E-state index in [1.54, 1.807) is 0 Å². The van der Waals surface area contributed by atoms with Crippen molar-refractivity contribution in [1.29, 1.82) is 0 Å². The standard InChI is InChI=1S/C5H11.C4H9.CH4.3CH3.Pt.W.Y/c1-5(2,3)4;1-4(2)3;;;;;;;/h1H2,2-4H3;1-3H3;1H4;3*1H3;;;/q2*-1;;3*-1;;;. The molecule has 0 bridgehead atoms. The van der Waals surface area contributed by atoms with Crippen LogP contribution in [0.4, 0.5) is 0 Å². The molecule has 0 aromatic rings. The summed E-state index contributed by atoms with van der Waals surface area (Å²) in [6.07, 6.45) is 0. The first-order valence-electron chi connectivity index (χ1n) is 3.35. The summed E-state index contributed by atoms with van der Waals surface area (Å²) in [5.74, 6) is 1.42. The van der Waals surface area contributed by atoms with Gasteiger partial charge in [-0.05, 0) is 0 Å². The number of hydrogen-bond acceptors (Lipinski definition) is 0. The maximum Gasteiger partial charge on any atom is 0 e. The Hall–Kier alpha value is 2.48. The van der Waals surface area contributed by atoms with Crippen LogP contribution in [0, 0.1) is 40.5 Å². The van der Waals surface area contributed by atoms with E-state index in [4.69, 9.17) is 0 Å². The van der Waals surface area contributed by atoms with E-state index in [0.717, 1.165) is 0 Å². The van der Waals surface area contributed by atoms with E-state index in [1.165, 1.54) is 5.92 Å². The van der Waals surface area contributed by atoms with Gasteiger partial charge in [0.05, 0.1) is 0 Å². The Morgan fingerprint density at radius 3 is 0.875 bits per heavy atom. The maximum absolute atomic E-state index is 3.77. The Morgan fingerprint density at radius 1 is 0.875 bits per heavy atom. The van der Waals surface area contributed by atoms with E-state index >= 15 is 0 Å². The van der Waals surface area contributed by atoms with Gasteiger partial charge in [0.25, 0.3) is 0 Å². The minimum Gasteiger partial charge on any atom is -0.358 e. The largest absolute Gasteiger partial charge is 0.358 e. The van der Waals surface area contributed by atoms with Crippen molar-refractivity contribution in [2.75, 3.05) is 0 Å². The zero-order valence-electron chi connectivity index (χ0n) is 12.0. The second kappa shape index (κ2) is 36.0. The molecule has 0 aromatic heterocycles. The maximum atomic E-state index is 3.77. The van der Waals surface area contributed by atoms with Gasteiger partial charge in [0.1, 0.15) is 0 Å². The van der Waals surface area contributed by atoms with Gasteiger partial charge in [-0.3, -0.25) is 0 Å². The van der Waals surface area contributed by atoms with E-state index in [9.17, 15) is 0 Å². The Labute approximate surface area is 162 Å². The van der Waals surface area contributed by atoms with Crippen molar-refractivity contribution < 1.29 is 74.8 Å². The molecular formula is C13H33PtWY-5. The molecule has 0 rings (SSSR count). The Bertz CT molecular complexity index is 52.7. The van der Waals surface area contributed by atoms with Crippen LogP contribution in [-0.4, -0.2) is 0 Å². The smallest absolute Gasteiger partial charge is 0 e. The fraction of sp³-hybridized carbons (Fsp3) is 0.615. The second-order valence-corrected chi connectivity index (χ2v) is 4.06. The molecule has 0 heterocycles. The van der Waals surface area contributed by atoms with Crippen LogP contribution in [0.5, 0.6) is 0 Å². The van der Waals surface area contributed by atoms with Gasteiger partial charge >= 0.3 is 0 Å². The molecular weight excluding hydrogens is 624 g/mol. The first kappa shape index (κ1) is 62.8. The molecule has 0 atom stereocenters. The van der Waals surface area contributed by atoms with Crippen LogP contribution in [0.1, 0.15) is 49.0 Å². The van der Waals surface area contributed by atoms with Crippen LogP contribution in [0.2, 0.25) is 0 Å². The van der Waals surface area contributed by atoms with Crippen molar-refractivity contribution in [3.8, 4) is 0 Å². The summed E-state index contributed by atoms with van der Waals surface area (Å²) in [4.78, 5) is 0. The molecule has 0 unspecified atom stereocenters. The van der Waals surface area contributed by atoms with Gasteiger partial charge in [-0.25, -0.2) is 0 Å². The Kier molecular flexibility index (Phi) is 141. The summed E-state index contributed by atoms with van der Waals surface area (Å²) < 4.78 is 0. The van der Waals surface area contributed by atoms with Gasteiger partial charge in [-0.2, -0.15) is 26.2 Å². The predicted octanol–water partition coefficient (Wildman–Crippen LogP) is 5.47. The monoisotopic (exact) mass is 657 g/mol. The molecule has 1 radical (unpaired) electrons. The quantitative estimate of drug-likeness (QED) is 0.304. The topological polar surface area (TPSA) is 0 Å². The predicted molar refractivity (Wildman–Crippen MR) is 71.1 cm³/mol. The van der Waals surface area contributed by atoms with E-state index in [-0.39, 0.29) is 110 Å². The van der Waals surface area contributed by atoms with Crippen molar-refractivity contribution >= 4 is 0 Å². The fourth-order valence-corrected chi connectivity index (χ4v) is 0. The van der Waals surface area contributed by atoms with Gasteiger partial charge in [-0.1, -0.05) is 28.2 Å². The van der Waals surface area contributed by atoms with Crippen molar-refractivity contribution in [2.24, 2.45) is 5.41 Å². The van der Waals surface area contributed by atoms with Gasteiger partial charge in [0.15, 0.2) is 0 Å². The van der Waals surface area contributed by atoms with Gasteiger partial charge in [0.2, 0.25) is 0 Å². The van der Waals surface area contributed by atoms with Crippen molar-refractivity contribution in [1.82, 2.24) is 0 Å². The van der Waals surface area contributed by atoms with E-state index in [0.29, 0.717) is 0 Å². The van der Waals surface area contributed by atoms with Gasteiger partial charge in [-0.15, -0.1) is 0 Å². The minimum absolute atomic E-state index is 0. The van der Waals surface area contributed by atoms with Crippen LogP contribution in [-0.2, 0) is 74.8 Å². The Balaban J connectivity index is -0.00000000614. The summed E-state index contributed by atoms with van der Waals surface area (Å²) in [7, 11) is 0. The van der Waals surface area contributed by atoms with Crippen LogP contribution in [0.15, 0.2) is 0 Å². The number of hydrogen-bond donors (Lipinski definition) is 0. The van der Waals surface area contributed by atoms with Crippen molar-refractivity contribution in [3.05, 3.63) is 35.1 Å². The third-order valence-corrected chi connectivity index (χ3v) is 0. The molecule has 0 aliphatic rings. The van der Waals surface area contributed by atoms with E-state index in [1.807, 2.05) is 0 Å². The zero-order chi connectivity index (χ0) is 8.08. The third kappa shape index (κ3) is 642. The molecule has 0 N–H and O–H groups in total.